The maximum atomic E-state index is 12.0. The average molecular weight is 305 g/mol. The Hall–Kier alpha value is -1.99. The van der Waals surface area contributed by atoms with Crippen molar-refractivity contribution in [2.45, 2.75) is 18.9 Å². The van der Waals surface area contributed by atoms with E-state index in [2.05, 4.69) is 15.5 Å². The highest BCUT2D eigenvalue weighted by atomic mass is 32.1. The van der Waals surface area contributed by atoms with Gasteiger partial charge in [-0.15, -0.1) is 10.2 Å². The fourth-order valence-corrected chi connectivity index (χ4v) is 2.50. The SMILES string of the molecule is O=C(Nc1nncs1)c1ccc(OC[C@@H]2CCCO2)cc1. The summed E-state index contributed by atoms with van der Waals surface area (Å²) >= 11 is 1.28. The molecule has 0 radical (unpaired) electrons. The molecule has 1 atom stereocenters. The van der Waals surface area contributed by atoms with Crippen LogP contribution in [-0.4, -0.2) is 35.4 Å². The van der Waals surface area contributed by atoms with Gasteiger partial charge in [0.2, 0.25) is 5.13 Å². The van der Waals surface area contributed by atoms with Crippen molar-refractivity contribution < 1.29 is 14.3 Å². The number of carbonyl (C=O) groups is 1. The molecule has 1 saturated heterocycles. The van der Waals surface area contributed by atoms with E-state index in [4.69, 9.17) is 9.47 Å². The van der Waals surface area contributed by atoms with Crippen molar-refractivity contribution in [2.24, 2.45) is 0 Å². The lowest BCUT2D eigenvalue weighted by atomic mass is 10.2. The monoisotopic (exact) mass is 305 g/mol. The zero-order valence-corrected chi connectivity index (χ0v) is 12.1. The summed E-state index contributed by atoms with van der Waals surface area (Å²) in [7, 11) is 0. The van der Waals surface area contributed by atoms with Crippen LogP contribution in [0.25, 0.3) is 0 Å². The summed E-state index contributed by atoms with van der Waals surface area (Å²) < 4.78 is 11.1. The number of ether oxygens (including phenoxy) is 2. The summed E-state index contributed by atoms with van der Waals surface area (Å²) in [5.41, 5.74) is 2.12. The molecule has 0 bridgehead atoms. The predicted molar refractivity (Wildman–Crippen MR) is 78.8 cm³/mol. The number of rotatable bonds is 5. The third kappa shape index (κ3) is 3.77. The van der Waals surface area contributed by atoms with E-state index < -0.39 is 0 Å². The quantitative estimate of drug-likeness (QED) is 0.918. The summed E-state index contributed by atoms with van der Waals surface area (Å²) in [6.45, 7) is 1.37. The molecule has 0 saturated carbocycles. The van der Waals surface area contributed by atoms with E-state index >= 15 is 0 Å². The lowest BCUT2D eigenvalue weighted by Gasteiger charge is -2.11. The third-order valence-corrected chi connectivity index (χ3v) is 3.76. The first-order valence-corrected chi connectivity index (χ1v) is 7.61. The second kappa shape index (κ2) is 6.64. The molecule has 2 heterocycles. The van der Waals surface area contributed by atoms with E-state index in [0.717, 1.165) is 25.2 Å². The summed E-state index contributed by atoms with van der Waals surface area (Å²) in [6, 6.07) is 7.01. The Morgan fingerprint density at radius 2 is 2.29 bits per heavy atom. The van der Waals surface area contributed by atoms with E-state index in [0.29, 0.717) is 17.3 Å². The van der Waals surface area contributed by atoms with E-state index in [1.54, 1.807) is 29.8 Å². The van der Waals surface area contributed by atoms with E-state index in [1.165, 1.54) is 11.3 Å². The van der Waals surface area contributed by atoms with Gasteiger partial charge in [0.15, 0.2) is 0 Å². The van der Waals surface area contributed by atoms with Gasteiger partial charge in [-0.3, -0.25) is 10.1 Å². The minimum atomic E-state index is -0.211. The molecule has 6 nitrogen and oxygen atoms in total. The van der Waals surface area contributed by atoms with E-state index in [9.17, 15) is 4.79 Å². The fourth-order valence-electron chi connectivity index (χ4n) is 2.06. The van der Waals surface area contributed by atoms with Crippen molar-refractivity contribution in [1.82, 2.24) is 10.2 Å². The average Bonchev–Trinajstić information content (AvgIpc) is 3.19. The van der Waals surface area contributed by atoms with Gasteiger partial charge in [0.05, 0.1) is 6.10 Å². The normalized spacial score (nSPS) is 17.6. The number of hydrogen-bond acceptors (Lipinski definition) is 6. The molecular weight excluding hydrogens is 290 g/mol. The zero-order chi connectivity index (χ0) is 14.5. The van der Waals surface area contributed by atoms with Crippen molar-refractivity contribution in [1.29, 1.82) is 0 Å². The molecule has 7 heteroatoms. The first-order chi connectivity index (χ1) is 10.3. The van der Waals surface area contributed by atoms with Crippen molar-refractivity contribution in [3.8, 4) is 5.75 Å². The van der Waals surface area contributed by atoms with Gasteiger partial charge in [-0.05, 0) is 37.1 Å². The van der Waals surface area contributed by atoms with Gasteiger partial charge in [0, 0.05) is 12.2 Å². The molecule has 0 spiro atoms. The molecule has 1 fully saturated rings. The van der Waals surface area contributed by atoms with Gasteiger partial charge >= 0.3 is 0 Å². The molecule has 1 amide bonds. The molecule has 0 aliphatic carbocycles. The number of aromatic nitrogens is 2. The fraction of sp³-hybridized carbons (Fsp3) is 0.357. The number of hydrogen-bond donors (Lipinski definition) is 1. The van der Waals surface area contributed by atoms with Crippen molar-refractivity contribution >= 4 is 22.4 Å². The Bertz CT molecular complexity index is 580. The van der Waals surface area contributed by atoms with Gasteiger partial charge in [0.1, 0.15) is 17.9 Å². The number of carbonyl (C=O) groups excluding carboxylic acids is 1. The summed E-state index contributed by atoms with van der Waals surface area (Å²) in [6.07, 6.45) is 2.33. The minimum absolute atomic E-state index is 0.186. The molecule has 2 aromatic rings. The van der Waals surface area contributed by atoms with Crippen LogP contribution in [0.2, 0.25) is 0 Å². The second-order valence-electron chi connectivity index (χ2n) is 4.67. The van der Waals surface area contributed by atoms with Gasteiger partial charge in [-0.1, -0.05) is 11.3 Å². The van der Waals surface area contributed by atoms with Crippen LogP contribution in [0, 0.1) is 0 Å². The Morgan fingerprint density at radius 1 is 1.43 bits per heavy atom. The van der Waals surface area contributed by atoms with Gasteiger partial charge < -0.3 is 9.47 Å². The van der Waals surface area contributed by atoms with Crippen molar-refractivity contribution in [3.05, 3.63) is 35.3 Å². The molecule has 3 rings (SSSR count). The van der Waals surface area contributed by atoms with Gasteiger partial charge in [-0.2, -0.15) is 0 Å². The van der Waals surface area contributed by atoms with Crippen LogP contribution in [0.1, 0.15) is 23.2 Å². The van der Waals surface area contributed by atoms with E-state index in [-0.39, 0.29) is 12.0 Å². The number of anilines is 1. The van der Waals surface area contributed by atoms with Crippen LogP contribution in [0.15, 0.2) is 29.8 Å². The molecule has 110 valence electrons. The first-order valence-electron chi connectivity index (χ1n) is 6.73. The van der Waals surface area contributed by atoms with Gasteiger partial charge in [-0.25, -0.2) is 0 Å². The highest BCUT2D eigenvalue weighted by molar-refractivity contribution is 7.13. The first kappa shape index (κ1) is 14.0. The smallest absolute Gasteiger partial charge is 0.257 e. The van der Waals surface area contributed by atoms with Crippen LogP contribution < -0.4 is 10.1 Å². The zero-order valence-electron chi connectivity index (χ0n) is 11.3. The molecule has 1 aliphatic rings. The standard InChI is InChI=1S/C14H15N3O3S/c18-13(16-14-17-15-9-21-14)10-3-5-11(6-4-10)20-8-12-2-1-7-19-12/h3-6,9,12H,1-2,7-8H2,(H,16,17,18)/t12-/m0/s1. The number of nitrogens with one attached hydrogen (secondary N) is 1. The highest BCUT2D eigenvalue weighted by Crippen LogP contribution is 2.17. The second-order valence-corrected chi connectivity index (χ2v) is 5.50. The molecule has 0 unspecified atom stereocenters. The van der Waals surface area contributed by atoms with Crippen LogP contribution in [0.3, 0.4) is 0 Å². The van der Waals surface area contributed by atoms with E-state index in [1.807, 2.05) is 0 Å². The topological polar surface area (TPSA) is 73.3 Å². The van der Waals surface area contributed by atoms with Crippen LogP contribution in [0.4, 0.5) is 5.13 Å². The van der Waals surface area contributed by atoms with Crippen molar-refractivity contribution in [2.75, 3.05) is 18.5 Å². The number of amides is 1. The minimum Gasteiger partial charge on any atom is -0.491 e. The molecule has 1 aromatic carbocycles. The summed E-state index contributed by atoms with van der Waals surface area (Å²) in [5, 5.41) is 10.6. The lowest BCUT2D eigenvalue weighted by molar-refractivity contribution is 0.0679. The predicted octanol–water partition coefficient (Wildman–Crippen LogP) is 2.35. The van der Waals surface area contributed by atoms with Gasteiger partial charge in [0.25, 0.3) is 5.91 Å². The van der Waals surface area contributed by atoms with Crippen LogP contribution >= 0.6 is 11.3 Å². The summed E-state index contributed by atoms with van der Waals surface area (Å²) in [5.74, 6) is 0.524. The molecule has 1 aliphatic heterocycles. The largest absolute Gasteiger partial charge is 0.491 e. The number of nitrogens with zero attached hydrogens (tertiary/aromatic N) is 2. The third-order valence-electron chi connectivity index (χ3n) is 3.16. The van der Waals surface area contributed by atoms with Crippen molar-refractivity contribution in [3.63, 3.8) is 0 Å². The number of benzene rings is 1. The maximum Gasteiger partial charge on any atom is 0.257 e. The Balaban J connectivity index is 1.54. The Kier molecular flexibility index (Phi) is 4.42. The highest BCUT2D eigenvalue weighted by Gasteiger charge is 2.16. The summed E-state index contributed by atoms with van der Waals surface area (Å²) in [4.78, 5) is 12.0. The molecular formula is C14H15N3O3S. The molecule has 1 N–H and O–H groups in total. The van der Waals surface area contributed by atoms with Crippen LogP contribution in [0.5, 0.6) is 5.75 Å². The maximum absolute atomic E-state index is 12.0. The Labute approximate surface area is 126 Å². The molecule has 1 aromatic heterocycles. The Morgan fingerprint density at radius 3 is 2.95 bits per heavy atom. The molecule has 21 heavy (non-hydrogen) atoms. The lowest BCUT2D eigenvalue weighted by Crippen LogP contribution is -2.16. The van der Waals surface area contributed by atoms with Crippen LogP contribution in [-0.2, 0) is 4.74 Å².